The molecular weight excluding hydrogens is 272 g/mol. The summed E-state index contributed by atoms with van der Waals surface area (Å²) in [5.74, 6) is -0.580. The van der Waals surface area contributed by atoms with Crippen molar-refractivity contribution in [2.24, 2.45) is 5.92 Å². The van der Waals surface area contributed by atoms with Crippen molar-refractivity contribution in [3.05, 3.63) is 34.3 Å². The van der Waals surface area contributed by atoms with E-state index in [4.69, 9.17) is 4.74 Å². The first-order chi connectivity index (χ1) is 7.56. The summed E-state index contributed by atoms with van der Waals surface area (Å²) in [7, 11) is 1.52. The fraction of sp³-hybridized carbons (Fsp3) is 0.417. The van der Waals surface area contributed by atoms with Crippen LogP contribution in [0.4, 0.5) is 0 Å². The van der Waals surface area contributed by atoms with E-state index in [2.05, 4.69) is 15.9 Å². The molecule has 2 atom stereocenters. The lowest BCUT2D eigenvalue weighted by Crippen LogP contribution is -2.24. The Balaban J connectivity index is 2.85. The standard InChI is InChI=1S/C12H15BrO3/c1-8(14)11(7-16-2)12(15)9-3-5-10(13)6-4-9/h3-6,11-12,15H,7H2,1-2H3. The quantitative estimate of drug-likeness (QED) is 0.904. The summed E-state index contributed by atoms with van der Waals surface area (Å²) in [5.41, 5.74) is 0.723. The number of carbonyl (C=O) groups excluding carboxylic acids is 1. The van der Waals surface area contributed by atoms with Gasteiger partial charge in [-0.05, 0) is 24.6 Å². The first kappa shape index (κ1) is 13.4. The van der Waals surface area contributed by atoms with Gasteiger partial charge in [0, 0.05) is 11.6 Å². The van der Waals surface area contributed by atoms with E-state index in [0.717, 1.165) is 10.0 Å². The van der Waals surface area contributed by atoms with Crippen molar-refractivity contribution in [1.82, 2.24) is 0 Å². The number of hydrogen-bond acceptors (Lipinski definition) is 3. The van der Waals surface area contributed by atoms with Crippen LogP contribution in [0.5, 0.6) is 0 Å². The summed E-state index contributed by atoms with van der Waals surface area (Å²) in [4.78, 5) is 11.4. The molecule has 0 bridgehead atoms. The van der Waals surface area contributed by atoms with Crippen LogP contribution in [0.2, 0.25) is 0 Å². The molecule has 0 aliphatic carbocycles. The van der Waals surface area contributed by atoms with Crippen LogP contribution in [-0.4, -0.2) is 24.6 Å². The fourth-order valence-electron chi connectivity index (χ4n) is 1.50. The van der Waals surface area contributed by atoms with Gasteiger partial charge < -0.3 is 9.84 Å². The first-order valence-electron chi connectivity index (χ1n) is 4.99. The van der Waals surface area contributed by atoms with Gasteiger partial charge in [0.2, 0.25) is 0 Å². The highest BCUT2D eigenvalue weighted by Gasteiger charge is 2.24. The van der Waals surface area contributed by atoms with Crippen LogP contribution >= 0.6 is 15.9 Å². The highest BCUT2D eigenvalue weighted by molar-refractivity contribution is 9.10. The first-order valence-corrected chi connectivity index (χ1v) is 5.78. The number of aliphatic hydroxyl groups excluding tert-OH is 1. The van der Waals surface area contributed by atoms with Crippen LogP contribution < -0.4 is 0 Å². The Morgan fingerprint density at radius 2 is 2.00 bits per heavy atom. The smallest absolute Gasteiger partial charge is 0.138 e. The fourth-order valence-corrected chi connectivity index (χ4v) is 1.77. The third kappa shape index (κ3) is 3.40. The molecular formula is C12H15BrO3. The molecule has 16 heavy (non-hydrogen) atoms. The number of aliphatic hydroxyl groups is 1. The van der Waals surface area contributed by atoms with Crippen molar-refractivity contribution in [3.63, 3.8) is 0 Å². The number of ketones is 1. The lowest BCUT2D eigenvalue weighted by Gasteiger charge is -2.20. The molecule has 0 radical (unpaired) electrons. The molecule has 1 aromatic carbocycles. The van der Waals surface area contributed by atoms with Gasteiger partial charge in [-0.1, -0.05) is 28.1 Å². The Hall–Kier alpha value is -0.710. The summed E-state index contributed by atoms with van der Waals surface area (Å²) < 4.78 is 5.88. The molecule has 0 aromatic heterocycles. The number of carbonyl (C=O) groups is 1. The molecule has 1 N–H and O–H groups in total. The minimum atomic E-state index is -0.814. The zero-order valence-corrected chi connectivity index (χ0v) is 10.9. The normalized spacial score (nSPS) is 14.5. The Bertz CT molecular complexity index is 348. The predicted octanol–water partition coefficient (Wildman–Crippen LogP) is 2.33. The minimum Gasteiger partial charge on any atom is -0.388 e. The van der Waals surface area contributed by atoms with Crippen LogP contribution in [0.1, 0.15) is 18.6 Å². The topological polar surface area (TPSA) is 46.5 Å². The molecule has 0 fully saturated rings. The van der Waals surface area contributed by atoms with E-state index in [0.29, 0.717) is 0 Å². The zero-order chi connectivity index (χ0) is 12.1. The highest BCUT2D eigenvalue weighted by atomic mass is 79.9. The largest absolute Gasteiger partial charge is 0.388 e. The number of halogens is 1. The molecule has 0 aliphatic heterocycles. The molecule has 3 nitrogen and oxygen atoms in total. The van der Waals surface area contributed by atoms with Crippen molar-refractivity contribution >= 4 is 21.7 Å². The predicted molar refractivity (Wildman–Crippen MR) is 65.1 cm³/mol. The van der Waals surface area contributed by atoms with Crippen molar-refractivity contribution in [1.29, 1.82) is 0 Å². The lowest BCUT2D eigenvalue weighted by atomic mass is 9.93. The van der Waals surface area contributed by atoms with Gasteiger partial charge in [0.15, 0.2) is 0 Å². The maximum absolute atomic E-state index is 11.4. The maximum atomic E-state index is 11.4. The molecule has 0 aliphatic rings. The highest BCUT2D eigenvalue weighted by Crippen LogP contribution is 2.24. The van der Waals surface area contributed by atoms with Crippen LogP contribution in [0, 0.1) is 5.92 Å². The molecule has 0 spiro atoms. The minimum absolute atomic E-state index is 0.0720. The number of methoxy groups -OCH3 is 1. The van der Waals surface area contributed by atoms with Gasteiger partial charge >= 0.3 is 0 Å². The molecule has 1 rings (SSSR count). The Labute approximate surface area is 104 Å². The Kier molecular flexibility index (Phi) is 5.12. The van der Waals surface area contributed by atoms with Gasteiger partial charge in [-0.3, -0.25) is 4.79 Å². The second-order valence-electron chi connectivity index (χ2n) is 3.67. The van der Waals surface area contributed by atoms with Crippen molar-refractivity contribution in [2.75, 3.05) is 13.7 Å². The van der Waals surface area contributed by atoms with E-state index in [1.165, 1.54) is 14.0 Å². The number of hydrogen-bond donors (Lipinski definition) is 1. The molecule has 1 aromatic rings. The SMILES string of the molecule is COCC(C(C)=O)C(O)c1ccc(Br)cc1. The Morgan fingerprint density at radius 1 is 1.44 bits per heavy atom. The van der Waals surface area contributed by atoms with E-state index < -0.39 is 12.0 Å². The van der Waals surface area contributed by atoms with Gasteiger partial charge in [-0.25, -0.2) is 0 Å². The second kappa shape index (κ2) is 6.13. The number of Topliss-reactive ketones (excluding diaryl/α,β-unsaturated/α-hetero) is 1. The lowest BCUT2D eigenvalue weighted by molar-refractivity contribution is -0.126. The van der Waals surface area contributed by atoms with Crippen LogP contribution in [0.25, 0.3) is 0 Å². The zero-order valence-electron chi connectivity index (χ0n) is 9.31. The van der Waals surface area contributed by atoms with E-state index in [9.17, 15) is 9.90 Å². The van der Waals surface area contributed by atoms with E-state index in [1.807, 2.05) is 12.1 Å². The van der Waals surface area contributed by atoms with Crippen LogP contribution in [0.3, 0.4) is 0 Å². The number of ether oxygens (including phenoxy) is 1. The summed E-state index contributed by atoms with van der Waals surface area (Å²) >= 11 is 3.32. The van der Waals surface area contributed by atoms with Gasteiger partial charge in [0.1, 0.15) is 5.78 Å². The molecule has 88 valence electrons. The molecule has 0 saturated heterocycles. The molecule has 2 unspecified atom stereocenters. The summed E-state index contributed by atoms with van der Waals surface area (Å²) in [6.45, 7) is 1.69. The van der Waals surface area contributed by atoms with E-state index >= 15 is 0 Å². The van der Waals surface area contributed by atoms with Crippen LogP contribution in [-0.2, 0) is 9.53 Å². The third-order valence-electron chi connectivity index (χ3n) is 2.46. The van der Waals surface area contributed by atoms with Crippen molar-refractivity contribution < 1.29 is 14.6 Å². The maximum Gasteiger partial charge on any atom is 0.138 e. The molecule has 4 heteroatoms. The van der Waals surface area contributed by atoms with E-state index in [-0.39, 0.29) is 12.4 Å². The van der Waals surface area contributed by atoms with Gasteiger partial charge in [0.05, 0.1) is 18.6 Å². The van der Waals surface area contributed by atoms with Gasteiger partial charge in [-0.2, -0.15) is 0 Å². The Morgan fingerprint density at radius 3 is 2.44 bits per heavy atom. The van der Waals surface area contributed by atoms with Gasteiger partial charge in [0.25, 0.3) is 0 Å². The second-order valence-corrected chi connectivity index (χ2v) is 4.58. The molecule has 0 amide bonds. The monoisotopic (exact) mass is 286 g/mol. The van der Waals surface area contributed by atoms with Gasteiger partial charge in [-0.15, -0.1) is 0 Å². The summed E-state index contributed by atoms with van der Waals surface area (Å²) in [6.07, 6.45) is -0.814. The average Bonchev–Trinajstić information content (AvgIpc) is 2.25. The number of rotatable bonds is 5. The third-order valence-corrected chi connectivity index (χ3v) is 2.99. The summed E-state index contributed by atoms with van der Waals surface area (Å²) in [6, 6.07) is 7.26. The molecule has 0 saturated carbocycles. The average molecular weight is 287 g/mol. The van der Waals surface area contributed by atoms with Crippen molar-refractivity contribution in [3.8, 4) is 0 Å². The summed E-state index contributed by atoms with van der Waals surface area (Å²) in [5, 5.41) is 10.1. The van der Waals surface area contributed by atoms with Crippen molar-refractivity contribution in [2.45, 2.75) is 13.0 Å². The number of benzene rings is 1. The van der Waals surface area contributed by atoms with Crippen LogP contribution in [0.15, 0.2) is 28.7 Å². The van der Waals surface area contributed by atoms with E-state index in [1.54, 1.807) is 12.1 Å². The molecule has 0 heterocycles.